The highest BCUT2D eigenvalue weighted by atomic mass is 32.2. The Balaban J connectivity index is 2.17. The van der Waals surface area contributed by atoms with Gasteiger partial charge in [0.2, 0.25) is 10.0 Å². The highest BCUT2D eigenvalue weighted by Gasteiger charge is 2.17. The third-order valence-corrected chi connectivity index (χ3v) is 3.71. The first-order valence-electron chi connectivity index (χ1n) is 5.72. The van der Waals surface area contributed by atoms with Gasteiger partial charge in [-0.15, -0.1) is 0 Å². The van der Waals surface area contributed by atoms with Crippen molar-refractivity contribution in [2.24, 2.45) is 0 Å². The van der Waals surface area contributed by atoms with Gasteiger partial charge in [-0.3, -0.25) is 4.72 Å². The van der Waals surface area contributed by atoms with Crippen molar-refractivity contribution in [3.63, 3.8) is 0 Å². The minimum Gasteiger partial charge on any atom is -0.478 e. The SMILES string of the molecule is Cc1cc(CS(=O)(=O)Nc2ccc(C(=O)O)c(F)c2)no1. The molecule has 1 aromatic heterocycles. The molecule has 112 valence electrons. The lowest BCUT2D eigenvalue weighted by Crippen LogP contribution is -2.15. The number of carbonyl (C=O) groups is 1. The van der Waals surface area contributed by atoms with E-state index in [1.165, 1.54) is 6.07 Å². The Morgan fingerprint density at radius 2 is 2.14 bits per heavy atom. The van der Waals surface area contributed by atoms with Crippen molar-refractivity contribution in [2.45, 2.75) is 12.7 Å². The van der Waals surface area contributed by atoms with E-state index in [2.05, 4.69) is 9.88 Å². The van der Waals surface area contributed by atoms with E-state index < -0.39 is 33.1 Å². The summed E-state index contributed by atoms with van der Waals surface area (Å²) in [7, 11) is -3.81. The van der Waals surface area contributed by atoms with Crippen LogP contribution in [-0.4, -0.2) is 24.7 Å². The van der Waals surface area contributed by atoms with Crippen molar-refractivity contribution in [1.29, 1.82) is 0 Å². The number of nitrogens with one attached hydrogen (secondary N) is 1. The Bertz CT molecular complexity index is 785. The fourth-order valence-electron chi connectivity index (χ4n) is 1.65. The monoisotopic (exact) mass is 314 g/mol. The summed E-state index contributed by atoms with van der Waals surface area (Å²) in [5, 5.41) is 12.2. The van der Waals surface area contributed by atoms with Gasteiger partial charge in [0, 0.05) is 6.07 Å². The smallest absolute Gasteiger partial charge is 0.338 e. The van der Waals surface area contributed by atoms with Crippen molar-refractivity contribution in [2.75, 3.05) is 4.72 Å². The fourth-order valence-corrected chi connectivity index (χ4v) is 2.73. The zero-order valence-corrected chi connectivity index (χ0v) is 11.6. The van der Waals surface area contributed by atoms with E-state index in [1.807, 2.05) is 0 Å². The molecule has 0 saturated carbocycles. The molecule has 0 fully saturated rings. The van der Waals surface area contributed by atoms with Gasteiger partial charge in [0.25, 0.3) is 0 Å². The average Bonchev–Trinajstić information content (AvgIpc) is 2.72. The number of halogens is 1. The molecule has 2 aromatic rings. The molecule has 7 nitrogen and oxygen atoms in total. The lowest BCUT2D eigenvalue weighted by atomic mass is 10.2. The van der Waals surface area contributed by atoms with Crippen LogP contribution < -0.4 is 4.72 Å². The third kappa shape index (κ3) is 3.78. The molecule has 0 aliphatic carbocycles. The number of nitrogens with zero attached hydrogens (tertiary/aromatic N) is 1. The van der Waals surface area contributed by atoms with Crippen molar-refractivity contribution in [3.8, 4) is 0 Å². The molecule has 0 atom stereocenters. The van der Waals surface area contributed by atoms with Crippen LogP contribution in [-0.2, 0) is 15.8 Å². The van der Waals surface area contributed by atoms with E-state index in [-0.39, 0.29) is 11.4 Å². The lowest BCUT2D eigenvalue weighted by molar-refractivity contribution is 0.0692. The summed E-state index contributed by atoms with van der Waals surface area (Å²) in [6, 6.07) is 4.41. The van der Waals surface area contributed by atoms with Gasteiger partial charge in [-0.1, -0.05) is 5.16 Å². The predicted octanol–water partition coefficient (Wildman–Crippen LogP) is 1.76. The normalized spacial score (nSPS) is 11.3. The zero-order valence-electron chi connectivity index (χ0n) is 10.8. The Morgan fingerprint density at radius 1 is 1.43 bits per heavy atom. The number of carboxylic acid groups (broad SMARTS) is 1. The van der Waals surface area contributed by atoms with Gasteiger partial charge in [0.05, 0.1) is 11.3 Å². The molecule has 0 unspecified atom stereocenters. The molecule has 0 amide bonds. The van der Waals surface area contributed by atoms with E-state index >= 15 is 0 Å². The van der Waals surface area contributed by atoms with Gasteiger partial charge < -0.3 is 9.63 Å². The molecule has 0 aliphatic heterocycles. The zero-order chi connectivity index (χ0) is 15.6. The van der Waals surface area contributed by atoms with Gasteiger partial charge in [0.15, 0.2) is 0 Å². The first kappa shape index (κ1) is 15.0. The number of aryl methyl sites for hydroxylation is 1. The highest BCUT2D eigenvalue weighted by molar-refractivity contribution is 7.91. The minimum absolute atomic E-state index is 0.0716. The number of aromatic nitrogens is 1. The molecule has 2 rings (SSSR count). The molecule has 0 radical (unpaired) electrons. The Labute approximate surface area is 119 Å². The van der Waals surface area contributed by atoms with E-state index in [4.69, 9.17) is 9.63 Å². The number of aromatic carboxylic acids is 1. The van der Waals surface area contributed by atoms with Crippen LogP contribution in [0, 0.1) is 12.7 Å². The Kier molecular flexibility index (Phi) is 3.94. The van der Waals surface area contributed by atoms with Crippen LogP contribution in [0.3, 0.4) is 0 Å². The van der Waals surface area contributed by atoms with E-state index in [0.29, 0.717) is 5.76 Å². The first-order valence-corrected chi connectivity index (χ1v) is 7.37. The van der Waals surface area contributed by atoms with Gasteiger partial charge in [0.1, 0.15) is 23.0 Å². The summed E-state index contributed by atoms with van der Waals surface area (Å²) in [4.78, 5) is 10.7. The average molecular weight is 314 g/mol. The summed E-state index contributed by atoms with van der Waals surface area (Å²) in [5.41, 5.74) is -0.398. The van der Waals surface area contributed by atoms with Gasteiger partial charge in [-0.2, -0.15) is 0 Å². The summed E-state index contributed by atoms with van der Waals surface area (Å²) in [6.45, 7) is 1.62. The third-order valence-electron chi connectivity index (χ3n) is 2.49. The first-order chi connectivity index (χ1) is 9.77. The molecule has 1 aromatic carbocycles. The van der Waals surface area contributed by atoms with Gasteiger partial charge in [-0.25, -0.2) is 17.6 Å². The van der Waals surface area contributed by atoms with Crippen LogP contribution >= 0.6 is 0 Å². The number of benzene rings is 1. The second-order valence-corrected chi connectivity index (χ2v) is 6.01. The maximum atomic E-state index is 13.5. The van der Waals surface area contributed by atoms with Crippen molar-refractivity contribution < 1.29 is 27.2 Å². The van der Waals surface area contributed by atoms with Crippen LogP contribution in [0.25, 0.3) is 0 Å². The number of sulfonamides is 1. The fraction of sp³-hybridized carbons (Fsp3) is 0.167. The molecule has 0 saturated heterocycles. The Morgan fingerprint density at radius 3 is 2.67 bits per heavy atom. The van der Waals surface area contributed by atoms with E-state index in [1.54, 1.807) is 6.92 Å². The van der Waals surface area contributed by atoms with Crippen molar-refractivity contribution in [3.05, 3.63) is 47.1 Å². The number of rotatable bonds is 5. The Hall–Kier alpha value is -2.42. The van der Waals surface area contributed by atoms with E-state index in [0.717, 1.165) is 18.2 Å². The van der Waals surface area contributed by atoms with Gasteiger partial charge >= 0.3 is 5.97 Å². The van der Waals surface area contributed by atoms with Gasteiger partial charge in [-0.05, 0) is 25.1 Å². The van der Waals surface area contributed by atoms with E-state index in [9.17, 15) is 17.6 Å². The largest absolute Gasteiger partial charge is 0.478 e. The van der Waals surface area contributed by atoms with Crippen LogP contribution in [0.5, 0.6) is 0 Å². The molecular formula is C12H11FN2O5S. The summed E-state index contributed by atoms with van der Waals surface area (Å²) >= 11 is 0. The summed E-state index contributed by atoms with van der Waals surface area (Å²) in [5.74, 6) is -2.43. The molecule has 2 N–H and O–H groups in total. The molecular weight excluding hydrogens is 303 g/mol. The van der Waals surface area contributed by atoms with Crippen LogP contribution in [0.4, 0.5) is 10.1 Å². The number of anilines is 1. The minimum atomic E-state index is -3.81. The highest BCUT2D eigenvalue weighted by Crippen LogP contribution is 2.17. The van der Waals surface area contributed by atoms with Crippen molar-refractivity contribution >= 4 is 21.7 Å². The summed E-state index contributed by atoms with van der Waals surface area (Å²) < 4.78 is 44.1. The topological polar surface area (TPSA) is 110 Å². The predicted molar refractivity (Wildman–Crippen MR) is 70.8 cm³/mol. The number of hydrogen-bond acceptors (Lipinski definition) is 5. The quantitative estimate of drug-likeness (QED) is 0.870. The number of hydrogen-bond donors (Lipinski definition) is 2. The number of carboxylic acids is 1. The van der Waals surface area contributed by atoms with Crippen LogP contribution in [0.1, 0.15) is 21.8 Å². The molecule has 9 heteroatoms. The second kappa shape index (κ2) is 5.52. The molecule has 0 aliphatic rings. The molecule has 1 heterocycles. The molecule has 0 bridgehead atoms. The van der Waals surface area contributed by atoms with Crippen LogP contribution in [0.2, 0.25) is 0 Å². The van der Waals surface area contributed by atoms with Crippen molar-refractivity contribution in [1.82, 2.24) is 5.16 Å². The second-order valence-electron chi connectivity index (χ2n) is 4.29. The molecule has 21 heavy (non-hydrogen) atoms. The maximum absolute atomic E-state index is 13.5. The lowest BCUT2D eigenvalue weighted by Gasteiger charge is -2.07. The van der Waals surface area contributed by atoms with Crippen LogP contribution in [0.15, 0.2) is 28.8 Å². The maximum Gasteiger partial charge on any atom is 0.338 e. The standard InChI is InChI=1S/C12H11FN2O5S/c1-7-4-9(14-20-7)6-21(18,19)15-8-2-3-10(12(16)17)11(13)5-8/h2-5,15H,6H2,1H3,(H,16,17). The summed E-state index contributed by atoms with van der Waals surface area (Å²) in [6.07, 6.45) is 0. The molecule has 0 spiro atoms.